The maximum Gasteiger partial charge on any atom is 0.391 e. The Labute approximate surface area is 187 Å². The minimum Gasteiger partial charge on any atom is -0.469 e. The standard InChI is InChI=1S/C20H30F3N3O2.HI/c21-20(22,23)15-5-3-6-16(13-15)26-19(24-10-9-17-8-4-12-27-17)25-14-18-7-1-2-11-28-18;/h4,8,12,15-16,18H,1-3,5-7,9-11,13-14H2,(H2,24,25,26);1H. The lowest BCUT2D eigenvalue weighted by Crippen LogP contribution is -2.47. The van der Waals surface area contributed by atoms with Gasteiger partial charge in [-0.25, -0.2) is 0 Å². The zero-order chi connectivity index (χ0) is 19.8. The molecule has 0 bridgehead atoms. The number of aliphatic imine (C=N–C) groups is 1. The Morgan fingerprint density at radius 1 is 1.17 bits per heavy atom. The summed E-state index contributed by atoms with van der Waals surface area (Å²) in [6.45, 7) is 1.87. The number of ether oxygens (including phenoxy) is 1. The number of hydrogen-bond acceptors (Lipinski definition) is 3. The van der Waals surface area contributed by atoms with Crippen molar-refractivity contribution in [3.8, 4) is 0 Å². The molecule has 3 rings (SSSR count). The molecule has 1 saturated carbocycles. The van der Waals surface area contributed by atoms with Crippen LogP contribution in [0.25, 0.3) is 0 Å². The molecule has 3 unspecified atom stereocenters. The zero-order valence-corrected chi connectivity index (χ0v) is 18.9. The van der Waals surface area contributed by atoms with Crippen molar-refractivity contribution in [3.63, 3.8) is 0 Å². The normalized spacial score (nSPS) is 25.9. The summed E-state index contributed by atoms with van der Waals surface area (Å²) in [5.74, 6) is 0.190. The highest BCUT2D eigenvalue weighted by atomic mass is 127. The molecule has 1 aromatic rings. The third-order valence-corrected chi connectivity index (χ3v) is 5.45. The molecule has 5 nitrogen and oxygen atoms in total. The summed E-state index contributed by atoms with van der Waals surface area (Å²) in [6, 6.07) is 3.52. The third kappa shape index (κ3) is 8.35. The van der Waals surface area contributed by atoms with Crippen LogP contribution in [0.2, 0.25) is 0 Å². The van der Waals surface area contributed by atoms with Gasteiger partial charge in [-0.3, -0.25) is 4.99 Å². The van der Waals surface area contributed by atoms with Crippen LogP contribution in [0.15, 0.2) is 27.8 Å². The number of alkyl halides is 3. The molecule has 1 aromatic heterocycles. The third-order valence-electron chi connectivity index (χ3n) is 5.45. The lowest BCUT2D eigenvalue weighted by atomic mass is 9.85. The Morgan fingerprint density at radius 3 is 2.72 bits per heavy atom. The first-order valence-electron chi connectivity index (χ1n) is 10.3. The minimum atomic E-state index is -4.12. The Hall–Kier alpha value is -0.970. The fraction of sp³-hybridized carbons (Fsp3) is 0.750. The van der Waals surface area contributed by atoms with Crippen molar-refractivity contribution in [2.75, 3.05) is 19.7 Å². The fourth-order valence-corrected chi connectivity index (χ4v) is 3.87. The van der Waals surface area contributed by atoms with Crippen LogP contribution in [0.4, 0.5) is 13.2 Å². The van der Waals surface area contributed by atoms with Crippen LogP contribution in [-0.4, -0.2) is 44.0 Å². The SMILES string of the molecule is FC(F)(F)C1CCCC(NC(=NCC2CCCCO2)NCCc2ccco2)C1.I. The van der Waals surface area contributed by atoms with Gasteiger partial charge in [0.05, 0.1) is 24.8 Å². The summed E-state index contributed by atoms with van der Waals surface area (Å²) in [5, 5.41) is 6.47. The van der Waals surface area contributed by atoms with Crippen molar-refractivity contribution in [1.82, 2.24) is 10.6 Å². The molecule has 0 spiro atoms. The van der Waals surface area contributed by atoms with E-state index in [0.717, 1.165) is 38.1 Å². The van der Waals surface area contributed by atoms with Gasteiger partial charge in [0.25, 0.3) is 0 Å². The molecule has 2 aliphatic rings. The highest BCUT2D eigenvalue weighted by Gasteiger charge is 2.42. The Balaban J connectivity index is 0.00000300. The molecule has 9 heteroatoms. The maximum atomic E-state index is 13.1. The quantitative estimate of drug-likeness (QED) is 0.320. The Morgan fingerprint density at radius 2 is 2.03 bits per heavy atom. The van der Waals surface area contributed by atoms with Crippen LogP contribution in [0.5, 0.6) is 0 Å². The first-order valence-corrected chi connectivity index (χ1v) is 10.3. The van der Waals surface area contributed by atoms with E-state index in [4.69, 9.17) is 9.15 Å². The van der Waals surface area contributed by atoms with E-state index in [0.29, 0.717) is 31.9 Å². The molecule has 0 aromatic carbocycles. The highest BCUT2D eigenvalue weighted by Crippen LogP contribution is 2.37. The monoisotopic (exact) mass is 529 g/mol. The number of nitrogens with one attached hydrogen (secondary N) is 2. The average Bonchev–Trinajstić information content (AvgIpc) is 3.20. The molecule has 0 amide bonds. The van der Waals surface area contributed by atoms with E-state index in [2.05, 4.69) is 15.6 Å². The van der Waals surface area contributed by atoms with Crippen molar-refractivity contribution in [3.05, 3.63) is 24.2 Å². The summed E-state index contributed by atoms with van der Waals surface area (Å²) in [7, 11) is 0. The van der Waals surface area contributed by atoms with Gasteiger partial charge in [0.1, 0.15) is 5.76 Å². The van der Waals surface area contributed by atoms with Crippen molar-refractivity contribution < 1.29 is 22.3 Å². The predicted molar refractivity (Wildman–Crippen MR) is 117 cm³/mol. The van der Waals surface area contributed by atoms with E-state index in [9.17, 15) is 13.2 Å². The number of nitrogens with zero attached hydrogens (tertiary/aromatic N) is 1. The van der Waals surface area contributed by atoms with Crippen LogP contribution in [-0.2, 0) is 11.2 Å². The summed E-state index contributed by atoms with van der Waals surface area (Å²) in [6.07, 6.45) is 3.08. The van der Waals surface area contributed by atoms with Crippen LogP contribution in [0.3, 0.4) is 0 Å². The topological polar surface area (TPSA) is 58.8 Å². The molecular weight excluding hydrogens is 498 g/mol. The Kier molecular flexibility index (Phi) is 10.1. The van der Waals surface area contributed by atoms with Gasteiger partial charge in [0.15, 0.2) is 5.96 Å². The molecule has 29 heavy (non-hydrogen) atoms. The van der Waals surface area contributed by atoms with Crippen molar-refractivity contribution in [2.45, 2.75) is 69.7 Å². The summed E-state index contributed by atoms with van der Waals surface area (Å²) >= 11 is 0. The van der Waals surface area contributed by atoms with Gasteiger partial charge in [-0.2, -0.15) is 13.2 Å². The van der Waals surface area contributed by atoms with Crippen molar-refractivity contribution >= 4 is 29.9 Å². The molecule has 0 radical (unpaired) electrons. The summed E-state index contributed by atoms with van der Waals surface area (Å²) < 4.78 is 50.4. The molecule has 166 valence electrons. The highest BCUT2D eigenvalue weighted by molar-refractivity contribution is 14.0. The number of guanidine groups is 1. The first-order chi connectivity index (χ1) is 13.5. The van der Waals surface area contributed by atoms with Gasteiger partial charge in [-0.15, -0.1) is 24.0 Å². The lowest BCUT2D eigenvalue weighted by Gasteiger charge is -2.32. The second-order valence-corrected chi connectivity index (χ2v) is 7.68. The lowest BCUT2D eigenvalue weighted by molar-refractivity contribution is -0.183. The van der Waals surface area contributed by atoms with Crippen LogP contribution in [0.1, 0.15) is 50.7 Å². The van der Waals surface area contributed by atoms with Gasteiger partial charge in [-0.05, 0) is 50.7 Å². The van der Waals surface area contributed by atoms with E-state index in [1.165, 1.54) is 0 Å². The smallest absolute Gasteiger partial charge is 0.391 e. The van der Waals surface area contributed by atoms with Gasteiger partial charge in [0.2, 0.25) is 0 Å². The van der Waals surface area contributed by atoms with Gasteiger partial charge in [0, 0.05) is 25.6 Å². The predicted octanol–water partition coefficient (Wildman–Crippen LogP) is 4.67. The number of furan rings is 1. The average molecular weight is 529 g/mol. The number of halogens is 4. The molecule has 2 fully saturated rings. The summed E-state index contributed by atoms with van der Waals surface area (Å²) in [5.41, 5.74) is 0. The first kappa shape index (κ1) is 24.3. The molecule has 1 aliphatic heterocycles. The van der Waals surface area contributed by atoms with E-state index in [-0.39, 0.29) is 49.0 Å². The van der Waals surface area contributed by atoms with E-state index in [1.54, 1.807) is 6.26 Å². The minimum absolute atomic E-state index is 0. The van der Waals surface area contributed by atoms with Gasteiger partial charge < -0.3 is 19.8 Å². The van der Waals surface area contributed by atoms with Crippen LogP contribution < -0.4 is 10.6 Å². The molecule has 2 heterocycles. The molecular formula is C20H31F3IN3O2. The Bertz CT molecular complexity index is 605. The molecule has 1 aliphatic carbocycles. The fourth-order valence-electron chi connectivity index (χ4n) is 3.87. The number of hydrogen-bond donors (Lipinski definition) is 2. The molecule has 1 saturated heterocycles. The van der Waals surface area contributed by atoms with E-state index in [1.807, 2.05) is 12.1 Å². The largest absolute Gasteiger partial charge is 0.469 e. The molecule has 3 atom stereocenters. The molecule has 2 N–H and O–H groups in total. The van der Waals surface area contributed by atoms with Gasteiger partial charge >= 0.3 is 6.18 Å². The number of rotatable bonds is 6. The second-order valence-electron chi connectivity index (χ2n) is 7.68. The van der Waals surface area contributed by atoms with Crippen molar-refractivity contribution in [2.24, 2.45) is 10.9 Å². The van der Waals surface area contributed by atoms with E-state index < -0.39 is 12.1 Å². The second kappa shape index (κ2) is 12.0. The van der Waals surface area contributed by atoms with Gasteiger partial charge in [-0.1, -0.05) is 6.42 Å². The zero-order valence-electron chi connectivity index (χ0n) is 16.5. The van der Waals surface area contributed by atoms with Crippen LogP contribution >= 0.6 is 24.0 Å². The summed E-state index contributed by atoms with van der Waals surface area (Å²) in [4.78, 5) is 4.61. The van der Waals surface area contributed by atoms with E-state index >= 15 is 0 Å². The van der Waals surface area contributed by atoms with Crippen molar-refractivity contribution in [1.29, 1.82) is 0 Å². The maximum absolute atomic E-state index is 13.1. The van der Waals surface area contributed by atoms with Crippen LogP contribution in [0, 0.1) is 5.92 Å².